The Balaban J connectivity index is 2.64. The molecule has 0 aliphatic rings. The lowest BCUT2D eigenvalue weighted by atomic mass is 10.3. The van der Waals surface area contributed by atoms with Gasteiger partial charge in [0.15, 0.2) is 0 Å². The van der Waals surface area contributed by atoms with Gasteiger partial charge < -0.3 is 4.90 Å². The minimum atomic E-state index is -4.17. The second-order valence-corrected chi connectivity index (χ2v) is 2.68. The third-order valence-corrected chi connectivity index (χ3v) is 1.52. The van der Waals surface area contributed by atoms with Crippen LogP contribution in [0, 0.1) is 0 Å². The Hall–Kier alpha value is -1.26. The first-order chi connectivity index (χ1) is 5.99. The van der Waals surface area contributed by atoms with Gasteiger partial charge in [-0.1, -0.05) is 0 Å². The van der Waals surface area contributed by atoms with Gasteiger partial charge >= 0.3 is 6.18 Å². The second-order valence-electron chi connectivity index (χ2n) is 2.68. The molecule has 1 aromatic rings. The summed E-state index contributed by atoms with van der Waals surface area (Å²) in [4.78, 5) is 4.84. The van der Waals surface area contributed by atoms with Gasteiger partial charge in [0, 0.05) is 25.1 Å². The molecule has 0 N–H and O–H groups in total. The Bertz CT molecular complexity index is 258. The minimum Gasteiger partial charge on any atom is -0.366 e. The maximum atomic E-state index is 11.9. The van der Waals surface area contributed by atoms with Crippen molar-refractivity contribution in [2.24, 2.45) is 0 Å². The number of aromatic nitrogens is 1. The van der Waals surface area contributed by atoms with Crippen LogP contribution in [-0.2, 0) is 0 Å². The first kappa shape index (κ1) is 9.83. The fraction of sp³-hybridized carbons (Fsp3) is 0.375. The SMILES string of the molecule is CN(CC(F)(F)F)c1ccncc1. The lowest BCUT2D eigenvalue weighted by Gasteiger charge is -2.20. The summed E-state index contributed by atoms with van der Waals surface area (Å²) in [5.41, 5.74) is 0.507. The number of nitrogens with zero attached hydrogens (tertiary/aromatic N) is 2. The summed E-state index contributed by atoms with van der Waals surface area (Å²) in [7, 11) is 1.39. The quantitative estimate of drug-likeness (QED) is 0.709. The van der Waals surface area contributed by atoms with E-state index in [0.29, 0.717) is 5.69 Å². The van der Waals surface area contributed by atoms with Crippen LogP contribution in [0.5, 0.6) is 0 Å². The van der Waals surface area contributed by atoms with Crippen molar-refractivity contribution < 1.29 is 13.2 Å². The topological polar surface area (TPSA) is 16.1 Å². The number of halogens is 3. The van der Waals surface area contributed by atoms with Crippen molar-refractivity contribution in [3.05, 3.63) is 24.5 Å². The van der Waals surface area contributed by atoms with Crippen LogP contribution in [0.3, 0.4) is 0 Å². The highest BCUT2D eigenvalue weighted by Gasteiger charge is 2.29. The van der Waals surface area contributed by atoms with Gasteiger partial charge in [0.1, 0.15) is 6.54 Å². The van der Waals surface area contributed by atoms with Crippen LogP contribution in [0.4, 0.5) is 18.9 Å². The fourth-order valence-corrected chi connectivity index (χ4v) is 0.959. The summed E-state index contributed by atoms with van der Waals surface area (Å²) in [5, 5.41) is 0. The van der Waals surface area contributed by atoms with Gasteiger partial charge in [-0.15, -0.1) is 0 Å². The molecule has 1 rings (SSSR count). The molecule has 0 unspecified atom stereocenters. The largest absolute Gasteiger partial charge is 0.405 e. The fourth-order valence-electron chi connectivity index (χ4n) is 0.959. The van der Waals surface area contributed by atoms with Crippen LogP contribution in [0.1, 0.15) is 0 Å². The third-order valence-electron chi connectivity index (χ3n) is 1.52. The van der Waals surface area contributed by atoms with Crippen molar-refractivity contribution in [3.8, 4) is 0 Å². The zero-order valence-electron chi connectivity index (χ0n) is 7.04. The van der Waals surface area contributed by atoms with Gasteiger partial charge in [0.2, 0.25) is 0 Å². The molecular weight excluding hydrogens is 181 g/mol. The molecule has 0 aliphatic heterocycles. The van der Waals surface area contributed by atoms with Crippen LogP contribution in [0.25, 0.3) is 0 Å². The molecule has 1 heterocycles. The Morgan fingerprint density at radius 3 is 2.31 bits per heavy atom. The summed E-state index contributed by atoms with van der Waals surface area (Å²) in [6.07, 6.45) is -1.25. The van der Waals surface area contributed by atoms with Crippen molar-refractivity contribution in [3.63, 3.8) is 0 Å². The minimum absolute atomic E-state index is 0.507. The van der Waals surface area contributed by atoms with Crippen molar-refractivity contribution >= 4 is 5.69 Å². The Kier molecular flexibility index (Phi) is 2.75. The molecule has 13 heavy (non-hydrogen) atoms. The number of hydrogen-bond donors (Lipinski definition) is 0. The highest BCUT2D eigenvalue weighted by atomic mass is 19.4. The summed E-state index contributed by atoms with van der Waals surface area (Å²) >= 11 is 0. The van der Waals surface area contributed by atoms with E-state index >= 15 is 0 Å². The molecule has 5 heteroatoms. The number of alkyl halides is 3. The van der Waals surface area contributed by atoms with E-state index in [1.165, 1.54) is 31.6 Å². The van der Waals surface area contributed by atoms with Gasteiger partial charge in [-0.05, 0) is 12.1 Å². The van der Waals surface area contributed by atoms with E-state index in [2.05, 4.69) is 4.98 Å². The van der Waals surface area contributed by atoms with E-state index in [0.717, 1.165) is 4.90 Å². The van der Waals surface area contributed by atoms with Crippen LogP contribution < -0.4 is 4.90 Å². The molecule has 0 aromatic carbocycles. The molecule has 0 atom stereocenters. The normalized spacial score (nSPS) is 11.4. The molecule has 0 amide bonds. The molecule has 0 fully saturated rings. The lowest BCUT2D eigenvalue weighted by Crippen LogP contribution is -2.30. The molecule has 2 nitrogen and oxygen atoms in total. The standard InChI is InChI=1S/C8H9F3N2/c1-13(6-8(9,10)11)7-2-4-12-5-3-7/h2-5H,6H2,1H3. The Morgan fingerprint density at radius 1 is 1.31 bits per heavy atom. The van der Waals surface area contributed by atoms with Crippen molar-refractivity contribution in [2.45, 2.75) is 6.18 Å². The van der Waals surface area contributed by atoms with E-state index in [9.17, 15) is 13.2 Å². The summed E-state index contributed by atoms with van der Waals surface area (Å²) in [6.45, 7) is -0.947. The summed E-state index contributed by atoms with van der Waals surface area (Å²) in [6, 6.07) is 3.07. The Morgan fingerprint density at radius 2 is 1.85 bits per heavy atom. The van der Waals surface area contributed by atoms with Crippen LogP contribution >= 0.6 is 0 Å². The second kappa shape index (κ2) is 3.64. The summed E-state index contributed by atoms with van der Waals surface area (Å²) < 4.78 is 35.8. The molecule has 0 aliphatic carbocycles. The molecule has 0 bridgehead atoms. The monoisotopic (exact) mass is 190 g/mol. The van der Waals surface area contributed by atoms with Crippen molar-refractivity contribution in [2.75, 3.05) is 18.5 Å². The molecule has 0 spiro atoms. The van der Waals surface area contributed by atoms with Crippen molar-refractivity contribution in [1.29, 1.82) is 0 Å². The Labute approximate surface area is 74.0 Å². The van der Waals surface area contributed by atoms with E-state index in [1.54, 1.807) is 0 Å². The summed E-state index contributed by atoms with van der Waals surface area (Å²) in [5.74, 6) is 0. The zero-order valence-corrected chi connectivity index (χ0v) is 7.04. The van der Waals surface area contributed by atoms with Crippen LogP contribution in [0.2, 0.25) is 0 Å². The lowest BCUT2D eigenvalue weighted by molar-refractivity contribution is -0.119. The predicted molar refractivity (Wildman–Crippen MR) is 43.6 cm³/mol. The maximum absolute atomic E-state index is 11.9. The third kappa shape index (κ3) is 3.31. The average molecular weight is 190 g/mol. The smallest absolute Gasteiger partial charge is 0.366 e. The highest BCUT2D eigenvalue weighted by Crippen LogP contribution is 2.19. The maximum Gasteiger partial charge on any atom is 0.405 e. The van der Waals surface area contributed by atoms with E-state index < -0.39 is 12.7 Å². The first-order valence-electron chi connectivity index (χ1n) is 3.67. The van der Waals surface area contributed by atoms with Gasteiger partial charge in [0.05, 0.1) is 0 Å². The predicted octanol–water partition coefficient (Wildman–Crippen LogP) is 2.08. The molecule has 0 radical (unpaired) electrons. The number of rotatable bonds is 2. The first-order valence-corrected chi connectivity index (χ1v) is 3.67. The van der Waals surface area contributed by atoms with Gasteiger partial charge in [-0.2, -0.15) is 13.2 Å². The number of pyridine rings is 1. The van der Waals surface area contributed by atoms with Crippen molar-refractivity contribution in [1.82, 2.24) is 4.98 Å². The molecular formula is C8H9F3N2. The molecule has 72 valence electrons. The molecule has 0 saturated heterocycles. The molecule has 0 saturated carbocycles. The average Bonchev–Trinajstić information content (AvgIpc) is 2.03. The zero-order chi connectivity index (χ0) is 9.90. The number of anilines is 1. The number of hydrogen-bond acceptors (Lipinski definition) is 2. The van der Waals surface area contributed by atoms with E-state index in [-0.39, 0.29) is 0 Å². The van der Waals surface area contributed by atoms with Crippen LogP contribution in [-0.4, -0.2) is 24.8 Å². The van der Waals surface area contributed by atoms with Gasteiger partial charge in [-0.25, -0.2) is 0 Å². The highest BCUT2D eigenvalue weighted by molar-refractivity contribution is 5.43. The van der Waals surface area contributed by atoms with Crippen LogP contribution in [0.15, 0.2) is 24.5 Å². The van der Waals surface area contributed by atoms with Gasteiger partial charge in [-0.3, -0.25) is 4.98 Å². The van der Waals surface area contributed by atoms with E-state index in [1.807, 2.05) is 0 Å². The molecule has 1 aromatic heterocycles. The van der Waals surface area contributed by atoms with E-state index in [4.69, 9.17) is 0 Å². The van der Waals surface area contributed by atoms with Gasteiger partial charge in [0.25, 0.3) is 0 Å².